The molecule has 4 rings (SSSR count). The van der Waals surface area contributed by atoms with Crippen molar-refractivity contribution in [3.63, 3.8) is 0 Å². The smallest absolute Gasteiger partial charge is 0.338 e. The van der Waals surface area contributed by atoms with E-state index in [-0.39, 0.29) is 12.5 Å². The summed E-state index contributed by atoms with van der Waals surface area (Å²) >= 11 is 0. The lowest BCUT2D eigenvalue weighted by molar-refractivity contribution is -0.119. The molecule has 1 amide bonds. The van der Waals surface area contributed by atoms with Crippen LogP contribution in [0.25, 0.3) is 22.4 Å². The normalized spacial score (nSPS) is 10.7. The largest absolute Gasteiger partial charge is 0.452 e. The van der Waals surface area contributed by atoms with Crippen molar-refractivity contribution < 1.29 is 14.3 Å². The number of hydrogen-bond acceptors (Lipinski definition) is 4. The first-order valence-electron chi connectivity index (χ1n) is 9.59. The van der Waals surface area contributed by atoms with E-state index in [9.17, 15) is 9.59 Å². The summed E-state index contributed by atoms with van der Waals surface area (Å²) in [6.45, 7) is 3.47. The van der Waals surface area contributed by atoms with Gasteiger partial charge in [-0.05, 0) is 43.2 Å². The van der Waals surface area contributed by atoms with Gasteiger partial charge < -0.3 is 15.0 Å². The van der Waals surface area contributed by atoms with Gasteiger partial charge in [-0.25, -0.2) is 9.78 Å². The summed E-state index contributed by atoms with van der Waals surface area (Å²) in [6.07, 6.45) is 0. The fourth-order valence-corrected chi connectivity index (χ4v) is 3.27. The molecule has 30 heavy (non-hydrogen) atoms. The van der Waals surface area contributed by atoms with Gasteiger partial charge in [-0.1, -0.05) is 48.5 Å². The highest BCUT2D eigenvalue weighted by Crippen LogP contribution is 2.22. The van der Waals surface area contributed by atoms with Crippen LogP contribution in [-0.2, 0) is 9.53 Å². The van der Waals surface area contributed by atoms with E-state index in [0.29, 0.717) is 5.56 Å². The minimum absolute atomic E-state index is 0.352. The predicted octanol–water partition coefficient (Wildman–Crippen LogP) is 4.64. The molecule has 1 aromatic heterocycles. The Balaban J connectivity index is 1.43. The van der Waals surface area contributed by atoms with Gasteiger partial charge in [0.1, 0.15) is 5.82 Å². The van der Waals surface area contributed by atoms with Gasteiger partial charge in [0, 0.05) is 11.3 Å². The van der Waals surface area contributed by atoms with Crippen LogP contribution < -0.4 is 5.32 Å². The van der Waals surface area contributed by atoms with Gasteiger partial charge in [0.2, 0.25) is 0 Å². The lowest BCUT2D eigenvalue weighted by Crippen LogP contribution is -2.21. The number of rotatable bonds is 5. The first-order chi connectivity index (χ1) is 14.5. The third-order valence-corrected chi connectivity index (χ3v) is 4.84. The summed E-state index contributed by atoms with van der Waals surface area (Å²) in [5.41, 5.74) is 5.43. The quantitative estimate of drug-likeness (QED) is 0.479. The summed E-state index contributed by atoms with van der Waals surface area (Å²) in [5.74, 6) is -0.219. The maximum absolute atomic E-state index is 12.4. The monoisotopic (exact) mass is 399 g/mol. The van der Waals surface area contributed by atoms with Crippen LogP contribution in [0, 0.1) is 13.8 Å². The van der Waals surface area contributed by atoms with Crippen LogP contribution in [0.4, 0.5) is 5.69 Å². The molecule has 0 aliphatic heterocycles. The molecule has 150 valence electrons. The third kappa shape index (κ3) is 4.07. The Kier molecular flexibility index (Phi) is 5.30. The van der Waals surface area contributed by atoms with E-state index in [1.165, 1.54) is 0 Å². The zero-order valence-electron chi connectivity index (χ0n) is 16.7. The molecule has 4 aromatic rings. The van der Waals surface area contributed by atoms with E-state index in [2.05, 4.69) is 15.3 Å². The van der Waals surface area contributed by atoms with Crippen molar-refractivity contribution in [2.45, 2.75) is 13.8 Å². The standard InChI is InChI=1S/C24H21N3O3/c1-15-7-6-8-16(2)22(15)27-21(28)14-30-24(29)18-11-12-19-20(13-18)26-23(25-19)17-9-4-3-5-10-17/h3-13H,14H2,1-2H3,(H,25,26)(H,27,28). The van der Waals surface area contributed by atoms with Crippen LogP contribution in [0.3, 0.4) is 0 Å². The molecule has 0 saturated heterocycles. The van der Waals surface area contributed by atoms with Gasteiger partial charge in [0.05, 0.1) is 16.6 Å². The molecule has 0 radical (unpaired) electrons. The SMILES string of the molecule is Cc1cccc(C)c1NC(=O)COC(=O)c1ccc2nc(-c3ccccc3)[nH]c2c1. The average molecular weight is 399 g/mol. The second-order valence-electron chi connectivity index (χ2n) is 7.07. The van der Waals surface area contributed by atoms with Crippen molar-refractivity contribution in [1.29, 1.82) is 0 Å². The van der Waals surface area contributed by atoms with Crippen LogP contribution in [-0.4, -0.2) is 28.5 Å². The fourth-order valence-electron chi connectivity index (χ4n) is 3.27. The summed E-state index contributed by atoms with van der Waals surface area (Å²) in [5, 5.41) is 2.80. The Morgan fingerprint density at radius 1 is 0.967 bits per heavy atom. The first-order valence-corrected chi connectivity index (χ1v) is 9.59. The second kappa shape index (κ2) is 8.21. The zero-order valence-corrected chi connectivity index (χ0v) is 16.7. The van der Waals surface area contributed by atoms with Crippen molar-refractivity contribution in [1.82, 2.24) is 9.97 Å². The number of hydrogen-bond donors (Lipinski definition) is 2. The van der Waals surface area contributed by atoms with Crippen molar-refractivity contribution >= 4 is 28.6 Å². The van der Waals surface area contributed by atoms with Crippen molar-refractivity contribution in [2.75, 3.05) is 11.9 Å². The third-order valence-electron chi connectivity index (χ3n) is 4.84. The van der Waals surface area contributed by atoms with Gasteiger partial charge in [0.25, 0.3) is 5.91 Å². The molecule has 0 unspecified atom stereocenters. The van der Waals surface area contributed by atoms with Crippen LogP contribution in [0.1, 0.15) is 21.5 Å². The highest BCUT2D eigenvalue weighted by molar-refractivity contribution is 5.98. The molecular formula is C24H21N3O3. The van der Waals surface area contributed by atoms with Crippen LogP contribution in [0.2, 0.25) is 0 Å². The number of ether oxygens (including phenoxy) is 1. The maximum Gasteiger partial charge on any atom is 0.338 e. The van der Waals surface area contributed by atoms with Gasteiger partial charge >= 0.3 is 5.97 Å². The van der Waals surface area contributed by atoms with Gasteiger partial charge in [-0.15, -0.1) is 0 Å². The van der Waals surface area contributed by atoms with Gasteiger partial charge in [-0.3, -0.25) is 4.79 Å². The highest BCUT2D eigenvalue weighted by atomic mass is 16.5. The summed E-state index contributed by atoms with van der Waals surface area (Å²) in [4.78, 5) is 32.4. The van der Waals surface area contributed by atoms with Crippen LogP contribution in [0.15, 0.2) is 66.7 Å². The molecule has 0 spiro atoms. The van der Waals surface area contributed by atoms with E-state index in [0.717, 1.165) is 39.2 Å². The van der Waals surface area contributed by atoms with Crippen LogP contribution >= 0.6 is 0 Å². The Bertz CT molecular complexity index is 1210. The summed E-state index contributed by atoms with van der Waals surface area (Å²) in [6, 6.07) is 20.6. The number of nitrogens with one attached hydrogen (secondary N) is 2. The summed E-state index contributed by atoms with van der Waals surface area (Å²) < 4.78 is 5.20. The molecule has 0 atom stereocenters. The molecule has 6 nitrogen and oxygen atoms in total. The van der Waals surface area contributed by atoms with Gasteiger partial charge in [-0.2, -0.15) is 0 Å². The molecule has 0 bridgehead atoms. The molecule has 2 N–H and O–H groups in total. The fraction of sp³-hybridized carbons (Fsp3) is 0.125. The summed E-state index contributed by atoms with van der Waals surface area (Å²) in [7, 11) is 0. The number of aryl methyl sites for hydroxylation is 2. The molecule has 3 aromatic carbocycles. The lowest BCUT2D eigenvalue weighted by Gasteiger charge is -2.11. The topological polar surface area (TPSA) is 84.1 Å². The van der Waals surface area contributed by atoms with Crippen LogP contribution in [0.5, 0.6) is 0 Å². The number of aromatic nitrogens is 2. The van der Waals surface area contributed by atoms with E-state index in [4.69, 9.17) is 4.74 Å². The number of H-pyrrole nitrogens is 1. The molecule has 0 fully saturated rings. The van der Waals surface area contributed by atoms with E-state index in [1.807, 2.05) is 62.4 Å². The average Bonchev–Trinajstić information content (AvgIpc) is 3.19. The second-order valence-corrected chi connectivity index (χ2v) is 7.07. The molecule has 0 aliphatic carbocycles. The number of benzene rings is 3. The number of carbonyl (C=O) groups excluding carboxylic acids is 2. The van der Waals surface area contributed by atoms with E-state index >= 15 is 0 Å². The Morgan fingerprint density at radius 3 is 2.43 bits per heavy atom. The zero-order chi connectivity index (χ0) is 21.1. The number of imidazole rings is 1. The molecule has 1 heterocycles. The van der Waals surface area contributed by atoms with Crippen molar-refractivity contribution in [2.24, 2.45) is 0 Å². The van der Waals surface area contributed by atoms with Crippen molar-refractivity contribution in [3.05, 3.63) is 83.4 Å². The first kappa shape index (κ1) is 19.4. The Morgan fingerprint density at radius 2 is 1.70 bits per heavy atom. The minimum atomic E-state index is -0.565. The molecule has 6 heteroatoms. The number of anilines is 1. The van der Waals surface area contributed by atoms with Gasteiger partial charge in [0.15, 0.2) is 6.61 Å². The maximum atomic E-state index is 12.4. The Hall–Kier alpha value is -3.93. The minimum Gasteiger partial charge on any atom is -0.452 e. The van der Waals surface area contributed by atoms with E-state index < -0.39 is 5.97 Å². The molecular weight excluding hydrogens is 378 g/mol. The lowest BCUT2D eigenvalue weighted by atomic mass is 10.1. The number of para-hydroxylation sites is 1. The number of aromatic amines is 1. The number of amides is 1. The number of esters is 1. The highest BCUT2D eigenvalue weighted by Gasteiger charge is 2.14. The predicted molar refractivity (Wildman–Crippen MR) is 116 cm³/mol. The Labute approximate surface area is 173 Å². The van der Waals surface area contributed by atoms with Crippen molar-refractivity contribution in [3.8, 4) is 11.4 Å². The molecule has 0 saturated carbocycles. The number of nitrogens with zero attached hydrogens (tertiary/aromatic N) is 1. The molecule has 0 aliphatic rings. The van der Waals surface area contributed by atoms with E-state index in [1.54, 1.807) is 18.2 Å². The number of carbonyl (C=O) groups is 2. The number of fused-ring (bicyclic) bond motifs is 1.